The number of aromatic nitrogens is 1. The lowest BCUT2D eigenvalue weighted by atomic mass is 10.2. The zero-order valence-corrected chi connectivity index (χ0v) is 10.2. The van der Waals surface area contributed by atoms with Crippen molar-refractivity contribution in [2.45, 2.75) is 13.0 Å². The van der Waals surface area contributed by atoms with Crippen LogP contribution in [0.4, 0.5) is 5.69 Å². The molecular formula is C12H18N4O. The van der Waals surface area contributed by atoms with Gasteiger partial charge in [-0.1, -0.05) is 0 Å². The molecule has 1 atom stereocenters. The van der Waals surface area contributed by atoms with Gasteiger partial charge in [0.2, 0.25) is 0 Å². The van der Waals surface area contributed by atoms with E-state index in [1.54, 1.807) is 13.2 Å². The summed E-state index contributed by atoms with van der Waals surface area (Å²) in [6.07, 6.45) is 1.69. The maximum atomic E-state index is 11.5. The van der Waals surface area contributed by atoms with Crippen LogP contribution in [0.15, 0.2) is 18.3 Å². The fraction of sp³-hybridized carbons (Fsp3) is 0.500. The van der Waals surface area contributed by atoms with Crippen LogP contribution in [0, 0.1) is 0 Å². The molecule has 1 aromatic heterocycles. The Balaban J connectivity index is 2.17. The Kier molecular flexibility index (Phi) is 3.58. The summed E-state index contributed by atoms with van der Waals surface area (Å²) in [6, 6.07) is 4.27. The first-order valence-electron chi connectivity index (χ1n) is 5.87. The number of piperazine rings is 1. The number of pyridine rings is 1. The Bertz CT molecular complexity index is 407. The van der Waals surface area contributed by atoms with E-state index in [0.717, 1.165) is 25.3 Å². The SMILES string of the molecule is CNC(=O)c1cc(N2CCN[C@H](C)C2)ccn1. The number of amides is 1. The van der Waals surface area contributed by atoms with Gasteiger partial charge in [-0.2, -0.15) is 0 Å². The summed E-state index contributed by atoms with van der Waals surface area (Å²) in [6.45, 7) is 5.05. The molecule has 0 unspecified atom stereocenters. The highest BCUT2D eigenvalue weighted by atomic mass is 16.1. The monoisotopic (exact) mass is 234 g/mol. The van der Waals surface area contributed by atoms with Gasteiger partial charge in [0, 0.05) is 44.6 Å². The Morgan fingerprint density at radius 2 is 2.47 bits per heavy atom. The molecule has 1 amide bonds. The molecule has 5 nitrogen and oxygen atoms in total. The van der Waals surface area contributed by atoms with E-state index in [2.05, 4.69) is 27.4 Å². The Morgan fingerprint density at radius 1 is 1.65 bits per heavy atom. The minimum absolute atomic E-state index is 0.143. The Labute approximate surface area is 101 Å². The second-order valence-electron chi connectivity index (χ2n) is 4.28. The summed E-state index contributed by atoms with van der Waals surface area (Å²) in [5, 5.41) is 5.98. The van der Waals surface area contributed by atoms with Crippen LogP contribution in [0.5, 0.6) is 0 Å². The molecule has 1 aromatic rings. The van der Waals surface area contributed by atoms with E-state index in [0.29, 0.717) is 11.7 Å². The summed E-state index contributed by atoms with van der Waals surface area (Å²) in [5.41, 5.74) is 1.53. The second-order valence-corrected chi connectivity index (χ2v) is 4.28. The van der Waals surface area contributed by atoms with E-state index in [1.165, 1.54) is 0 Å². The number of carbonyl (C=O) groups excluding carboxylic acids is 1. The average Bonchev–Trinajstić information content (AvgIpc) is 2.38. The first-order valence-corrected chi connectivity index (χ1v) is 5.87. The third kappa shape index (κ3) is 2.74. The van der Waals surface area contributed by atoms with Gasteiger partial charge in [-0.25, -0.2) is 0 Å². The normalized spacial score (nSPS) is 20.1. The minimum Gasteiger partial charge on any atom is -0.369 e. The summed E-state index contributed by atoms with van der Waals surface area (Å²) in [5.74, 6) is -0.143. The lowest BCUT2D eigenvalue weighted by Gasteiger charge is -2.33. The van der Waals surface area contributed by atoms with E-state index < -0.39 is 0 Å². The maximum absolute atomic E-state index is 11.5. The highest BCUT2D eigenvalue weighted by Crippen LogP contribution is 2.16. The number of anilines is 1. The molecule has 0 radical (unpaired) electrons. The van der Waals surface area contributed by atoms with Crippen molar-refractivity contribution in [3.63, 3.8) is 0 Å². The second kappa shape index (κ2) is 5.14. The van der Waals surface area contributed by atoms with Crippen molar-refractivity contribution in [1.82, 2.24) is 15.6 Å². The lowest BCUT2D eigenvalue weighted by molar-refractivity contribution is 0.0958. The molecule has 0 aliphatic carbocycles. The number of carbonyl (C=O) groups is 1. The van der Waals surface area contributed by atoms with E-state index in [1.807, 2.05) is 12.1 Å². The lowest BCUT2D eigenvalue weighted by Crippen LogP contribution is -2.49. The molecule has 0 aromatic carbocycles. The van der Waals surface area contributed by atoms with Crippen molar-refractivity contribution in [1.29, 1.82) is 0 Å². The Hall–Kier alpha value is -1.62. The van der Waals surface area contributed by atoms with Crippen LogP contribution >= 0.6 is 0 Å². The molecule has 1 aliphatic heterocycles. The van der Waals surface area contributed by atoms with Gasteiger partial charge in [-0.05, 0) is 19.1 Å². The van der Waals surface area contributed by atoms with Crippen LogP contribution in [0.1, 0.15) is 17.4 Å². The molecule has 17 heavy (non-hydrogen) atoms. The van der Waals surface area contributed by atoms with Crippen molar-refractivity contribution >= 4 is 11.6 Å². The minimum atomic E-state index is -0.143. The molecule has 1 aliphatic rings. The van der Waals surface area contributed by atoms with Gasteiger partial charge in [0.05, 0.1) is 0 Å². The van der Waals surface area contributed by atoms with Crippen LogP contribution < -0.4 is 15.5 Å². The van der Waals surface area contributed by atoms with Crippen LogP contribution in [0.25, 0.3) is 0 Å². The van der Waals surface area contributed by atoms with Crippen LogP contribution in [0.3, 0.4) is 0 Å². The molecule has 1 fully saturated rings. The smallest absolute Gasteiger partial charge is 0.269 e. The van der Waals surface area contributed by atoms with Crippen molar-refractivity contribution in [2.75, 3.05) is 31.6 Å². The molecule has 1 saturated heterocycles. The molecule has 5 heteroatoms. The van der Waals surface area contributed by atoms with Crippen molar-refractivity contribution in [2.24, 2.45) is 0 Å². The Morgan fingerprint density at radius 3 is 3.18 bits per heavy atom. The molecule has 0 spiro atoms. The predicted octanol–water partition coefficient (Wildman–Crippen LogP) is 0.239. The molecule has 0 bridgehead atoms. The summed E-state index contributed by atoms with van der Waals surface area (Å²) in [7, 11) is 1.61. The van der Waals surface area contributed by atoms with Gasteiger partial charge >= 0.3 is 0 Å². The van der Waals surface area contributed by atoms with Gasteiger partial charge in [-0.3, -0.25) is 9.78 Å². The molecular weight excluding hydrogens is 216 g/mol. The number of nitrogens with zero attached hydrogens (tertiary/aromatic N) is 2. The standard InChI is InChI=1S/C12H18N4O/c1-9-8-16(6-5-14-9)10-3-4-15-11(7-10)12(17)13-2/h3-4,7,9,14H,5-6,8H2,1-2H3,(H,13,17)/t9-/m1/s1. The highest BCUT2D eigenvalue weighted by Gasteiger charge is 2.17. The van der Waals surface area contributed by atoms with E-state index in [4.69, 9.17) is 0 Å². The highest BCUT2D eigenvalue weighted by molar-refractivity contribution is 5.92. The molecule has 0 saturated carbocycles. The summed E-state index contributed by atoms with van der Waals surface area (Å²) < 4.78 is 0. The third-order valence-corrected chi connectivity index (χ3v) is 2.94. The zero-order chi connectivity index (χ0) is 12.3. The first kappa shape index (κ1) is 11.9. The largest absolute Gasteiger partial charge is 0.369 e. The fourth-order valence-electron chi connectivity index (χ4n) is 2.04. The van der Waals surface area contributed by atoms with Crippen molar-refractivity contribution < 1.29 is 4.79 Å². The van der Waals surface area contributed by atoms with Crippen LogP contribution in [-0.4, -0.2) is 43.6 Å². The van der Waals surface area contributed by atoms with E-state index in [9.17, 15) is 4.79 Å². The number of hydrogen-bond donors (Lipinski definition) is 2. The first-order chi connectivity index (χ1) is 8.20. The van der Waals surface area contributed by atoms with Crippen molar-refractivity contribution in [3.8, 4) is 0 Å². The third-order valence-electron chi connectivity index (χ3n) is 2.94. The topological polar surface area (TPSA) is 57.3 Å². The summed E-state index contributed by atoms with van der Waals surface area (Å²) in [4.78, 5) is 17.9. The van der Waals surface area contributed by atoms with Gasteiger partial charge in [0.15, 0.2) is 0 Å². The van der Waals surface area contributed by atoms with Gasteiger partial charge in [0.25, 0.3) is 5.91 Å². The van der Waals surface area contributed by atoms with E-state index >= 15 is 0 Å². The fourth-order valence-corrected chi connectivity index (χ4v) is 2.04. The predicted molar refractivity (Wildman–Crippen MR) is 67.3 cm³/mol. The van der Waals surface area contributed by atoms with Gasteiger partial charge in [-0.15, -0.1) is 0 Å². The number of hydrogen-bond acceptors (Lipinski definition) is 4. The number of rotatable bonds is 2. The molecule has 2 rings (SSSR count). The maximum Gasteiger partial charge on any atom is 0.269 e. The quantitative estimate of drug-likeness (QED) is 0.769. The van der Waals surface area contributed by atoms with Crippen LogP contribution in [-0.2, 0) is 0 Å². The van der Waals surface area contributed by atoms with Crippen LogP contribution in [0.2, 0.25) is 0 Å². The van der Waals surface area contributed by atoms with E-state index in [-0.39, 0.29) is 5.91 Å². The molecule has 2 heterocycles. The molecule has 92 valence electrons. The summed E-state index contributed by atoms with van der Waals surface area (Å²) >= 11 is 0. The average molecular weight is 234 g/mol. The molecule has 2 N–H and O–H groups in total. The van der Waals surface area contributed by atoms with Gasteiger partial charge in [0.1, 0.15) is 5.69 Å². The van der Waals surface area contributed by atoms with Crippen molar-refractivity contribution in [3.05, 3.63) is 24.0 Å². The van der Waals surface area contributed by atoms with Gasteiger partial charge < -0.3 is 15.5 Å². The number of nitrogens with one attached hydrogen (secondary N) is 2. The zero-order valence-electron chi connectivity index (χ0n) is 10.2.